The Morgan fingerprint density at radius 1 is 1.28 bits per heavy atom. The summed E-state index contributed by atoms with van der Waals surface area (Å²) >= 11 is 0. The second kappa shape index (κ2) is 4.44. The molecular weight excluding hydrogens is 224 g/mol. The van der Waals surface area contributed by atoms with Crippen LogP contribution in [0.3, 0.4) is 0 Å². The molecule has 0 saturated heterocycles. The highest BCUT2D eigenvalue weighted by atomic mass is 15.1. The summed E-state index contributed by atoms with van der Waals surface area (Å²) in [4.78, 5) is 12.0. The molecule has 0 aromatic carbocycles. The van der Waals surface area contributed by atoms with E-state index in [2.05, 4.69) is 39.3 Å². The molecule has 3 rings (SSSR count). The third-order valence-corrected chi connectivity index (χ3v) is 3.62. The minimum absolute atomic E-state index is 0.575. The molecule has 1 N–H and O–H groups in total. The van der Waals surface area contributed by atoms with Crippen molar-refractivity contribution in [2.45, 2.75) is 39.0 Å². The van der Waals surface area contributed by atoms with Crippen LogP contribution in [0, 0.1) is 0 Å². The van der Waals surface area contributed by atoms with Gasteiger partial charge in [-0.05, 0) is 18.9 Å². The highest BCUT2D eigenvalue weighted by Crippen LogP contribution is 2.27. The number of fused-ring (bicyclic) bond motifs is 3. The number of hydrogen-bond donors (Lipinski definition) is 1. The Kier molecular flexibility index (Phi) is 2.78. The van der Waals surface area contributed by atoms with E-state index in [0.29, 0.717) is 5.92 Å². The molecule has 0 bridgehead atoms. The third kappa shape index (κ3) is 1.60. The third-order valence-electron chi connectivity index (χ3n) is 3.62. The zero-order valence-electron chi connectivity index (χ0n) is 10.8. The van der Waals surface area contributed by atoms with Crippen molar-refractivity contribution in [3.63, 3.8) is 0 Å². The molecule has 0 aliphatic heterocycles. The molecule has 0 saturated carbocycles. The molecule has 1 atom stereocenters. The lowest BCUT2D eigenvalue weighted by Crippen LogP contribution is -2.02. The summed E-state index contributed by atoms with van der Waals surface area (Å²) in [5, 5.41) is 0. The summed E-state index contributed by atoms with van der Waals surface area (Å²) in [7, 11) is 0. The summed E-state index contributed by atoms with van der Waals surface area (Å²) in [6.07, 6.45) is 9.33. The van der Waals surface area contributed by atoms with E-state index in [-0.39, 0.29) is 0 Å². The molecule has 18 heavy (non-hydrogen) atoms. The largest absolute Gasteiger partial charge is 0.345 e. The van der Waals surface area contributed by atoms with Crippen LogP contribution in [-0.2, 0) is 0 Å². The molecule has 3 heterocycles. The average molecular weight is 242 g/mol. The van der Waals surface area contributed by atoms with Gasteiger partial charge in [-0.25, -0.2) is 9.97 Å². The zero-order valence-corrected chi connectivity index (χ0v) is 10.8. The minimum atomic E-state index is 0.575. The quantitative estimate of drug-likeness (QED) is 0.761. The molecule has 0 spiro atoms. The van der Waals surface area contributed by atoms with E-state index in [1.807, 2.05) is 18.6 Å². The Morgan fingerprint density at radius 2 is 2.17 bits per heavy atom. The van der Waals surface area contributed by atoms with Gasteiger partial charge in [0.2, 0.25) is 0 Å². The smallest absolute Gasteiger partial charge is 0.156 e. The molecule has 1 unspecified atom stereocenters. The van der Waals surface area contributed by atoms with Crippen molar-refractivity contribution in [2.75, 3.05) is 0 Å². The number of rotatable bonds is 4. The number of nitrogens with one attached hydrogen (secondary N) is 1. The van der Waals surface area contributed by atoms with Gasteiger partial charge in [-0.1, -0.05) is 20.3 Å². The monoisotopic (exact) mass is 242 g/mol. The highest BCUT2D eigenvalue weighted by Gasteiger charge is 2.15. The molecule has 3 aromatic rings. The van der Waals surface area contributed by atoms with Crippen LogP contribution in [0.2, 0.25) is 0 Å². The van der Waals surface area contributed by atoms with E-state index in [1.54, 1.807) is 0 Å². The Balaban J connectivity index is 2.25. The topological polar surface area (TPSA) is 46.0 Å². The lowest BCUT2D eigenvalue weighted by Gasteiger charge is -2.13. The van der Waals surface area contributed by atoms with E-state index in [1.165, 1.54) is 18.5 Å². The minimum Gasteiger partial charge on any atom is -0.345 e. The molecule has 0 aliphatic carbocycles. The number of hydrogen-bond acceptors (Lipinski definition) is 2. The molecule has 94 valence electrons. The zero-order chi connectivity index (χ0) is 12.5. The maximum absolute atomic E-state index is 4.49. The molecule has 0 aliphatic rings. The lowest BCUT2D eigenvalue weighted by atomic mass is 9.97. The summed E-state index contributed by atoms with van der Waals surface area (Å²) < 4.78 is 2.24. The first kappa shape index (κ1) is 11.3. The van der Waals surface area contributed by atoms with Crippen LogP contribution in [0.25, 0.3) is 16.8 Å². The Morgan fingerprint density at radius 3 is 2.94 bits per heavy atom. The van der Waals surface area contributed by atoms with Crippen LogP contribution in [0.5, 0.6) is 0 Å². The van der Waals surface area contributed by atoms with Gasteiger partial charge in [0.15, 0.2) is 11.3 Å². The number of aromatic nitrogens is 4. The summed E-state index contributed by atoms with van der Waals surface area (Å²) in [5.41, 5.74) is 4.29. The second-order valence-corrected chi connectivity index (χ2v) is 4.74. The van der Waals surface area contributed by atoms with Crippen molar-refractivity contribution in [1.29, 1.82) is 0 Å². The second-order valence-electron chi connectivity index (χ2n) is 4.74. The standard InChI is InChI=1S/C14H18N4/c1-3-5-10(4-2)12-8-16-13-9-17-14-11(18(12)13)6-7-15-14/h6-10,15H,3-5H2,1-2H3. The van der Waals surface area contributed by atoms with Gasteiger partial charge in [-0.15, -0.1) is 0 Å². The fraction of sp³-hybridized carbons (Fsp3) is 0.429. The predicted molar refractivity (Wildman–Crippen MR) is 72.8 cm³/mol. The van der Waals surface area contributed by atoms with E-state index in [4.69, 9.17) is 0 Å². The van der Waals surface area contributed by atoms with Gasteiger partial charge in [0.25, 0.3) is 0 Å². The van der Waals surface area contributed by atoms with Gasteiger partial charge in [0, 0.05) is 24.0 Å². The van der Waals surface area contributed by atoms with E-state index in [0.717, 1.165) is 23.2 Å². The van der Waals surface area contributed by atoms with Crippen molar-refractivity contribution in [1.82, 2.24) is 19.4 Å². The van der Waals surface area contributed by atoms with Gasteiger partial charge in [-0.3, -0.25) is 4.40 Å². The molecular formula is C14H18N4. The van der Waals surface area contributed by atoms with Gasteiger partial charge in [0.05, 0.1) is 11.7 Å². The van der Waals surface area contributed by atoms with Gasteiger partial charge >= 0.3 is 0 Å². The molecule has 0 radical (unpaired) electrons. The molecule has 0 fully saturated rings. The van der Waals surface area contributed by atoms with Crippen LogP contribution in [0.4, 0.5) is 0 Å². The SMILES string of the molecule is CCCC(CC)c1cnc2cnc3[nH]ccc3n12. The van der Waals surface area contributed by atoms with Crippen LogP contribution < -0.4 is 0 Å². The Bertz CT molecular complexity index is 665. The number of H-pyrrole nitrogens is 1. The van der Waals surface area contributed by atoms with Crippen molar-refractivity contribution in [2.24, 2.45) is 0 Å². The van der Waals surface area contributed by atoms with Crippen molar-refractivity contribution < 1.29 is 0 Å². The highest BCUT2D eigenvalue weighted by molar-refractivity contribution is 5.74. The fourth-order valence-electron chi connectivity index (χ4n) is 2.69. The maximum Gasteiger partial charge on any atom is 0.156 e. The van der Waals surface area contributed by atoms with Gasteiger partial charge in [0.1, 0.15) is 0 Å². The van der Waals surface area contributed by atoms with E-state index < -0.39 is 0 Å². The molecule has 0 amide bonds. The van der Waals surface area contributed by atoms with Crippen molar-refractivity contribution in [3.05, 3.63) is 30.4 Å². The van der Waals surface area contributed by atoms with Crippen LogP contribution >= 0.6 is 0 Å². The van der Waals surface area contributed by atoms with Gasteiger partial charge in [-0.2, -0.15) is 0 Å². The Labute approximate surface area is 106 Å². The summed E-state index contributed by atoms with van der Waals surface area (Å²) in [6, 6.07) is 2.07. The molecule has 3 aromatic heterocycles. The number of nitrogens with zero attached hydrogens (tertiary/aromatic N) is 3. The van der Waals surface area contributed by atoms with Crippen LogP contribution in [0.1, 0.15) is 44.7 Å². The number of aromatic amines is 1. The normalized spacial score (nSPS) is 13.4. The first-order valence-electron chi connectivity index (χ1n) is 6.64. The number of imidazole rings is 1. The first-order valence-corrected chi connectivity index (χ1v) is 6.64. The van der Waals surface area contributed by atoms with Crippen LogP contribution in [0.15, 0.2) is 24.7 Å². The van der Waals surface area contributed by atoms with Crippen molar-refractivity contribution >= 4 is 16.8 Å². The molecule has 4 nitrogen and oxygen atoms in total. The first-order chi connectivity index (χ1) is 8.85. The van der Waals surface area contributed by atoms with Crippen molar-refractivity contribution in [3.8, 4) is 0 Å². The Hall–Kier alpha value is -1.84. The fourth-order valence-corrected chi connectivity index (χ4v) is 2.69. The molecule has 4 heteroatoms. The van der Waals surface area contributed by atoms with E-state index >= 15 is 0 Å². The summed E-state index contributed by atoms with van der Waals surface area (Å²) in [6.45, 7) is 4.48. The van der Waals surface area contributed by atoms with Gasteiger partial charge < -0.3 is 4.98 Å². The summed E-state index contributed by atoms with van der Waals surface area (Å²) in [5.74, 6) is 0.575. The maximum atomic E-state index is 4.49. The predicted octanol–water partition coefficient (Wildman–Crippen LogP) is 3.50. The average Bonchev–Trinajstić information content (AvgIpc) is 3.00. The van der Waals surface area contributed by atoms with E-state index in [9.17, 15) is 0 Å². The van der Waals surface area contributed by atoms with Crippen LogP contribution in [-0.4, -0.2) is 19.4 Å². The lowest BCUT2D eigenvalue weighted by molar-refractivity contribution is 0.579.